The number of aryl methyl sites for hydroxylation is 1. The number of hydrogen-bond donors (Lipinski definition) is 2. The molecule has 0 saturated heterocycles. The van der Waals surface area contributed by atoms with Crippen molar-refractivity contribution < 1.29 is 8.78 Å². The van der Waals surface area contributed by atoms with Crippen molar-refractivity contribution in [2.45, 2.75) is 26.8 Å². The molecular weight excluding hydrogens is 262 g/mol. The smallest absolute Gasteiger partial charge is 0.229 e. The summed E-state index contributed by atoms with van der Waals surface area (Å²) in [6.45, 7) is 5.80. The van der Waals surface area contributed by atoms with E-state index in [4.69, 9.17) is 0 Å². The van der Waals surface area contributed by atoms with Gasteiger partial charge in [-0.25, -0.2) is 13.8 Å². The van der Waals surface area contributed by atoms with Crippen LogP contribution in [0.5, 0.6) is 0 Å². The molecule has 0 aliphatic carbocycles. The molecule has 0 amide bonds. The molecule has 0 bridgehead atoms. The van der Waals surface area contributed by atoms with Crippen molar-refractivity contribution in [1.82, 2.24) is 9.97 Å². The van der Waals surface area contributed by atoms with Gasteiger partial charge in [0.15, 0.2) is 0 Å². The van der Waals surface area contributed by atoms with Gasteiger partial charge in [-0.2, -0.15) is 4.98 Å². The molecule has 1 aromatic carbocycles. The van der Waals surface area contributed by atoms with Gasteiger partial charge in [0, 0.05) is 23.9 Å². The Labute approximate surface area is 116 Å². The zero-order chi connectivity index (χ0) is 14.7. The second kappa shape index (κ2) is 5.81. The molecule has 0 unspecified atom stereocenters. The molecule has 0 radical (unpaired) electrons. The van der Waals surface area contributed by atoms with Gasteiger partial charge in [-0.3, -0.25) is 0 Å². The van der Waals surface area contributed by atoms with Crippen LogP contribution in [-0.2, 0) is 0 Å². The van der Waals surface area contributed by atoms with Crippen molar-refractivity contribution in [2.75, 3.05) is 10.6 Å². The molecule has 0 atom stereocenters. The molecule has 0 aliphatic heterocycles. The Kier molecular flexibility index (Phi) is 4.12. The van der Waals surface area contributed by atoms with E-state index < -0.39 is 11.6 Å². The van der Waals surface area contributed by atoms with E-state index in [9.17, 15) is 8.78 Å². The normalized spacial score (nSPS) is 10.7. The molecule has 106 valence electrons. The summed E-state index contributed by atoms with van der Waals surface area (Å²) in [6, 6.07) is 5.32. The minimum Gasteiger partial charge on any atom is -0.368 e. The van der Waals surface area contributed by atoms with E-state index in [1.807, 2.05) is 20.8 Å². The zero-order valence-electron chi connectivity index (χ0n) is 11.5. The van der Waals surface area contributed by atoms with Crippen molar-refractivity contribution in [3.05, 3.63) is 41.6 Å². The van der Waals surface area contributed by atoms with Crippen molar-refractivity contribution in [2.24, 2.45) is 0 Å². The highest BCUT2D eigenvalue weighted by molar-refractivity contribution is 5.56. The molecule has 1 aromatic heterocycles. The fraction of sp³-hybridized carbons (Fsp3) is 0.286. The first-order valence-corrected chi connectivity index (χ1v) is 6.28. The van der Waals surface area contributed by atoms with E-state index in [1.165, 1.54) is 12.1 Å². The minimum atomic E-state index is -0.687. The van der Waals surface area contributed by atoms with Gasteiger partial charge in [-0.05, 0) is 32.9 Å². The lowest BCUT2D eigenvalue weighted by atomic mass is 10.3. The van der Waals surface area contributed by atoms with Crippen LogP contribution < -0.4 is 10.6 Å². The van der Waals surface area contributed by atoms with Crippen molar-refractivity contribution in [1.29, 1.82) is 0 Å². The molecule has 2 N–H and O–H groups in total. The summed E-state index contributed by atoms with van der Waals surface area (Å²) >= 11 is 0. The first-order valence-electron chi connectivity index (χ1n) is 6.28. The number of aromatic nitrogens is 2. The molecule has 6 heteroatoms. The zero-order valence-corrected chi connectivity index (χ0v) is 11.5. The second-order valence-corrected chi connectivity index (χ2v) is 4.77. The van der Waals surface area contributed by atoms with Gasteiger partial charge in [0.05, 0.1) is 5.69 Å². The predicted molar refractivity (Wildman–Crippen MR) is 75.2 cm³/mol. The Hall–Kier alpha value is -2.24. The largest absolute Gasteiger partial charge is 0.368 e. The Morgan fingerprint density at radius 2 is 1.85 bits per heavy atom. The van der Waals surface area contributed by atoms with Gasteiger partial charge >= 0.3 is 0 Å². The first-order chi connectivity index (χ1) is 9.44. The van der Waals surface area contributed by atoms with Crippen LogP contribution in [0.25, 0.3) is 0 Å². The number of hydrogen-bond acceptors (Lipinski definition) is 4. The molecule has 0 saturated carbocycles. The molecule has 0 spiro atoms. The summed E-state index contributed by atoms with van der Waals surface area (Å²) in [7, 11) is 0. The van der Waals surface area contributed by atoms with Crippen molar-refractivity contribution in [3.63, 3.8) is 0 Å². The molecule has 20 heavy (non-hydrogen) atoms. The Balaban J connectivity index is 2.26. The second-order valence-electron chi connectivity index (χ2n) is 4.77. The quantitative estimate of drug-likeness (QED) is 0.896. The highest BCUT2D eigenvalue weighted by Crippen LogP contribution is 2.20. The van der Waals surface area contributed by atoms with Crippen LogP contribution in [0.15, 0.2) is 24.3 Å². The van der Waals surface area contributed by atoms with Gasteiger partial charge in [0.2, 0.25) is 5.95 Å². The van der Waals surface area contributed by atoms with Crippen molar-refractivity contribution in [3.8, 4) is 0 Å². The Morgan fingerprint density at radius 3 is 2.50 bits per heavy atom. The lowest BCUT2D eigenvalue weighted by Gasteiger charge is -2.12. The number of nitrogens with one attached hydrogen (secondary N) is 2. The number of nitrogens with zero attached hydrogens (tertiary/aromatic N) is 2. The third-order valence-electron chi connectivity index (χ3n) is 2.47. The van der Waals surface area contributed by atoms with Crippen LogP contribution in [0.3, 0.4) is 0 Å². The van der Waals surface area contributed by atoms with Crippen molar-refractivity contribution >= 4 is 17.5 Å². The summed E-state index contributed by atoms with van der Waals surface area (Å²) in [5.41, 5.74) is 0.876. The standard InChI is InChI=1S/C14H16F2N4/c1-8(2)17-13-6-9(3)18-14(20-13)19-12-5-4-10(15)7-11(12)16/h4-8H,1-3H3,(H2,17,18,19,20). The first kappa shape index (κ1) is 14.2. The lowest BCUT2D eigenvalue weighted by Crippen LogP contribution is -2.12. The predicted octanol–water partition coefficient (Wildman–Crippen LogP) is 3.63. The molecule has 2 aromatic rings. The summed E-state index contributed by atoms with van der Waals surface area (Å²) in [4.78, 5) is 8.42. The van der Waals surface area contributed by atoms with Gasteiger partial charge in [-0.15, -0.1) is 0 Å². The molecule has 4 nitrogen and oxygen atoms in total. The average molecular weight is 278 g/mol. The van der Waals surface area contributed by atoms with Crippen LogP contribution >= 0.6 is 0 Å². The van der Waals surface area contributed by atoms with Gasteiger partial charge < -0.3 is 10.6 Å². The van der Waals surface area contributed by atoms with Crippen LogP contribution in [-0.4, -0.2) is 16.0 Å². The van der Waals surface area contributed by atoms with E-state index in [0.717, 1.165) is 11.8 Å². The van der Waals surface area contributed by atoms with Gasteiger partial charge in [0.25, 0.3) is 0 Å². The Morgan fingerprint density at radius 1 is 1.10 bits per heavy atom. The van der Waals surface area contributed by atoms with Crippen LogP contribution in [0, 0.1) is 18.6 Å². The third-order valence-corrected chi connectivity index (χ3v) is 2.47. The van der Waals surface area contributed by atoms with Crippen LogP contribution in [0.2, 0.25) is 0 Å². The molecule has 0 fully saturated rings. The van der Waals surface area contributed by atoms with Gasteiger partial charge in [0.1, 0.15) is 17.5 Å². The fourth-order valence-corrected chi connectivity index (χ4v) is 1.71. The molecular formula is C14H16F2N4. The summed E-state index contributed by atoms with van der Waals surface area (Å²) < 4.78 is 26.4. The maximum Gasteiger partial charge on any atom is 0.229 e. The fourth-order valence-electron chi connectivity index (χ4n) is 1.71. The number of benzene rings is 1. The maximum atomic E-state index is 13.6. The van der Waals surface area contributed by atoms with E-state index in [0.29, 0.717) is 5.82 Å². The van der Waals surface area contributed by atoms with Crippen LogP contribution in [0.4, 0.5) is 26.2 Å². The van der Waals surface area contributed by atoms with E-state index in [-0.39, 0.29) is 17.7 Å². The maximum absolute atomic E-state index is 13.6. The number of anilines is 3. The highest BCUT2D eigenvalue weighted by Gasteiger charge is 2.08. The third kappa shape index (κ3) is 3.63. The Bertz CT molecular complexity index is 614. The van der Waals surface area contributed by atoms with E-state index in [1.54, 1.807) is 6.07 Å². The summed E-state index contributed by atoms with van der Waals surface area (Å²) in [5.74, 6) is -0.398. The monoisotopic (exact) mass is 278 g/mol. The minimum absolute atomic E-state index is 0.132. The highest BCUT2D eigenvalue weighted by atomic mass is 19.1. The van der Waals surface area contributed by atoms with E-state index in [2.05, 4.69) is 20.6 Å². The van der Waals surface area contributed by atoms with Gasteiger partial charge in [-0.1, -0.05) is 0 Å². The lowest BCUT2D eigenvalue weighted by molar-refractivity contribution is 0.586. The molecule has 0 aliphatic rings. The molecule has 2 rings (SSSR count). The summed E-state index contributed by atoms with van der Waals surface area (Å²) in [5, 5.41) is 5.90. The van der Waals surface area contributed by atoms with E-state index >= 15 is 0 Å². The summed E-state index contributed by atoms with van der Waals surface area (Å²) in [6.07, 6.45) is 0. The average Bonchev–Trinajstić information content (AvgIpc) is 2.31. The van der Waals surface area contributed by atoms with Crippen LogP contribution in [0.1, 0.15) is 19.5 Å². The topological polar surface area (TPSA) is 49.8 Å². The number of rotatable bonds is 4. The number of halogens is 2. The SMILES string of the molecule is Cc1cc(NC(C)C)nc(Nc2ccc(F)cc2F)n1. The molecule has 1 heterocycles.